The molecule has 4 nitrogen and oxygen atoms in total. The number of halogens is 1. The number of para-hydroxylation sites is 2. The van der Waals surface area contributed by atoms with E-state index < -0.39 is 0 Å². The number of hydrogen-bond donors (Lipinski definition) is 0. The van der Waals surface area contributed by atoms with Gasteiger partial charge in [-0.05, 0) is 24.3 Å². The van der Waals surface area contributed by atoms with Crippen molar-refractivity contribution in [3.8, 4) is 11.5 Å². The van der Waals surface area contributed by atoms with Gasteiger partial charge in [-0.25, -0.2) is 4.98 Å². The van der Waals surface area contributed by atoms with E-state index in [1.54, 1.807) is 13.3 Å². The van der Waals surface area contributed by atoms with Crippen LogP contribution in [-0.4, -0.2) is 16.5 Å². The summed E-state index contributed by atoms with van der Waals surface area (Å²) >= 11 is 6.09. The summed E-state index contributed by atoms with van der Waals surface area (Å²) in [5.74, 6) is 1.41. The average Bonchev–Trinajstić information content (AvgIpc) is 2.90. The Balaban J connectivity index is 1.85. The lowest BCUT2D eigenvalue weighted by molar-refractivity contribution is 0.280. The summed E-state index contributed by atoms with van der Waals surface area (Å²) in [7, 11) is 1.62. The van der Waals surface area contributed by atoms with Gasteiger partial charge in [-0.15, -0.1) is 0 Å². The minimum Gasteiger partial charge on any atom is -0.493 e. The lowest BCUT2D eigenvalue weighted by Gasteiger charge is -2.10. The van der Waals surface area contributed by atoms with E-state index in [-0.39, 0.29) is 0 Å². The van der Waals surface area contributed by atoms with E-state index in [9.17, 15) is 0 Å². The van der Waals surface area contributed by atoms with Gasteiger partial charge in [0.1, 0.15) is 6.61 Å². The molecule has 0 N–H and O–H groups in total. The van der Waals surface area contributed by atoms with E-state index in [1.807, 2.05) is 47.0 Å². The summed E-state index contributed by atoms with van der Waals surface area (Å²) in [4.78, 5) is 4.29. The first-order valence-electron chi connectivity index (χ1n) is 6.16. The molecule has 0 saturated heterocycles. The number of methoxy groups -OCH3 is 1. The van der Waals surface area contributed by atoms with Gasteiger partial charge in [0.25, 0.3) is 0 Å². The van der Waals surface area contributed by atoms with E-state index in [2.05, 4.69) is 4.98 Å². The highest BCUT2D eigenvalue weighted by Gasteiger charge is 2.08. The maximum atomic E-state index is 6.09. The Morgan fingerprint density at radius 1 is 1.15 bits per heavy atom. The smallest absolute Gasteiger partial charge is 0.161 e. The molecule has 1 aromatic carbocycles. The minimum absolute atomic E-state index is 0.391. The molecule has 0 unspecified atom stereocenters. The van der Waals surface area contributed by atoms with E-state index in [4.69, 9.17) is 21.1 Å². The van der Waals surface area contributed by atoms with Crippen molar-refractivity contribution >= 4 is 17.2 Å². The molecule has 0 amide bonds. The van der Waals surface area contributed by atoms with Crippen LogP contribution in [-0.2, 0) is 6.61 Å². The Morgan fingerprint density at radius 3 is 2.75 bits per heavy atom. The van der Waals surface area contributed by atoms with Gasteiger partial charge in [0.15, 0.2) is 17.1 Å². The fraction of sp³-hybridized carbons (Fsp3) is 0.133. The summed E-state index contributed by atoms with van der Waals surface area (Å²) in [6.07, 6.45) is 3.67. The normalized spacial score (nSPS) is 10.7. The van der Waals surface area contributed by atoms with Crippen molar-refractivity contribution in [1.29, 1.82) is 0 Å². The summed E-state index contributed by atoms with van der Waals surface area (Å²) in [6.45, 7) is 0.391. The molecule has 0 radical (unpaired) electrons. The zero-order chi connectivity index (χ0) is 13.9. The van der Waals surface area contributed by atoms with Gasteiger partial charge in [-0.3, -0.25) is 4.40 Å². The van der Waals surface area contributed by atoms with Crippen molar-refractivity contribution in [2.45, 2.75) is 6.61 Å². The number of aromatic nitrogens is 2. The van der Waals surface area contributed by atoms with E-state index in [0.29, 0.717) is 23.1 Å². The van der Waals surface area contributed by atoms with Crippen LogP contribution >= 0.6 is 11.6 Å². The molecule has 0 saturated carbocycles. The number of hydrogen-bond acceptors (Lipinski definition) is 3. The van der Waals surface area contributed by atoms with Crippen LogP contribution in [0, 0.1) is 0 Å². The van der Waals surface area contributed by atoms with Crippen molar-refractivity contribution in [1.82, 2.24) is 9.38 Å². The Kier molecular flexibility index (Phi) is 3.48. The van der Waals surface area contributed by atoms with Crippen LogP contribution in [0.1, 0.15) is 5.69 Å². The SMILES string of the molecule is COc1ccccc1OCc1cnc2c(Cl)cccn12. The molecule has 5 heteroatoms. The second-order valence-corrected chi connectivity index (χ2v) is 4.65. The first-order chi connectivity index (χ1) is 9.79. The molecule has 0 fully saturated rings. The summed E-state index contributed by atoms with van der Waals surface area (Å²) < 4.78 is 13.0. The van der Waals surface area contributed by atoms with Crippen molar-refractivity contribution in [3.05, 3.63) is 59.5 Å². The second kappa shape index (κ2) is 5.43. The standard InChI is InChI=1S/C15H13ClN2O2/c1-19-13-6-2-3-7-14(13)20-10-11-9-17-15-12(16)5-4-8-18(11)15/h2-9H,10H2,1H3. The molecule has 0 aliphatic rings. The molecule has 2 aromatic heterocycles. The molecular weight excluding hydrogens is 276 g/mol. The quantitative estimate of drug-likeness (QED) is 0.736. The number of fused-ring (bicyclic) bond motifs is 1. The predicted octanol–water partition coefficient (Wildman–Crippen LogP) is 3.58. The van der Waals surface area contributed by atoms with E-state index in [1.165, 1.54) is 0 Å². The zero-order valence-corrected chi connectivity index (χ0v) is 11.7. The van der Waals surface area contributed by atoms with Gasteiger partial charge in [0.05, 0.1) is 24.0 Å². The molecule has 3 aromatic rings. The number of nitrogens with zero attached hydrogens (tertiary/aromatic N) is 2. The third-order valence-corrected chi connectivity index (χ3v) is 3.30. The highest BCUT2D eigenvalue weighted by Crippen LogP contribution is 2.27. The minimum atomic E-state index is 0.391. The molecule has 0 atom stereocenters. The summed E-state index contributed by atoms with van der Waals surface area (Å²) in [6, 6.07) is 11.2. The summed E-state index contributed by atoms with van der Waals surface area (Å²) in [5, 5.41) is 0.621. The molecule has 0 spiro atoms. The molecule has 2 heterocycles. The monoisotopic (exact) mass is 288 g/mol. The largest absolute Gasteiger partial charge is 0.493 e. The van der Waals surface area contributed by atoms with Crippen LogP contribution in [0.25, 0.3) is 5.65 Å². The van der Waals surface area contributed by atoms with Crippen molar-refractivity contribution in [2.24, 2.45) is 0 Å². The molecule has 20 heavy (non-hydrogen) atoms. The van der Waals surface area contributed by atoms with Crippen LogP contribution < -0.4 is 9.47 Å². The first kappa shape index (κ1) is 12.8. The third-order valence-electron chi connectivity index (χ3n) is 3.01. The third kappa shape index (κ3) is 2.30. The number of rotatable bonds is 4. The van der Waals surface area contributed by atoms with Gasteiger partial charge >= 0.3 is 0 Å². The zero-order valence-electron chi connectivity index (χ0n) is 10.9. The van der Waals surface area contributed by atoms with Crippen LogP contribution in [0.3, 0.4) is 0 Å². The van der Waals surface area contributed by atoms with E-state index >= 15 is 0 Å². The Morgan fingerprint density at radius 2 is 1.95 bits per heavy atom. The van der Waals surface area contributed by atoms with E-state index in [0.717, 1.165) is 11.3 Å². The summed E-state index contributed by atoms with van der Waals surface area (Å²) in [5.41, 5.74) is 1.65. The molecule has 3 rings (SSSR count). The Labute approximate surface area is 121 Å². The number of benzene rings is 1. The fourth-order valence-electron chi connectivity index (χ4n) is 2.02. The highest BCUT2D eigenvalue weighted by molar-refractivity contribution is 6.33. The maximum Gasteiger partial charge on any atom is 0.161 e. The average molecular weight is 289 g/mol. The number of pyridine rings is 1. The van der Waals surface area contributed by atoms with Crippen LogP contribution in [0.15, 0.2) is 48.8 Å². The number of imidazole rings is 1. The molecule has 0 bridgehead atoms. The second-order valence-electron chi connectivity index (χ2n) is 4.24. The van der Waals surface area contributed by atoms with Crippen LogP contribution in [0.5, 0.6) is 11.5 Å². The Bertz CT molecular complexity index is 740. The van der Waals surface area contributed by atoms with Gasteiger partial charge in [-0.2, -0.15) is 0 Å². The lowest BCUT2D eigenvalue weighted by Crippen LogP contribution is -2.00. The van der Waals surface area contributed by atoms with Crippen LogP contribution in [0.4, 0.5) is 0 Å². The van der Waals surface area contributed by atoms with Gasteiger partial charge < -0.3 is 9.47 Å². The molecule has 0 aliphatic carbocycles. The predicted molar refractivity (Wildman–Crippen MR) is 77.5 cm³/mol. The topological polar surface area (TPSA) is 35.8 Å². The van der Waals surface area contributed by atoms with Gasteiger partial charge in [0.2, 0.25) is 0 Å². The maximum absolute atomic E-state index is 6.09. The van der Waals surface area contributed by atoms with Crippen LogP contribution in [0.2, 0.25) is 5.02 Å². The van der Waals surface area contributed by atoms with Gasteiger partial charge in [-0.1, -0.05) is 23.7 Å². The van der Waals surface area contributed by atoms with Crippen molar-refractivity contribution < 1.29 is 9.47 Å². The van der Waals surface area contributed by atoms with Crippen molar-refractivity contribution in [3.63, 3.8) is 0 Å². The molecular formula is C15H13ClN2O2. The highest BCUT2D eigenvalue weighted by atomic mass is 35.5. The molecule has 102 valence electrons. The lowest BCUT2D eigenvalue weighted by atomic mass is 10.3. The number of ether oxygens (including phenoxy) is 2. The van der Waals surface area contributed by atoms with Gasteiger partial charge in [0, 0.05) is 6.20 Å². The fourth-order valence-corrected chi connectivity index (χ4v) is 2.24. The first-order valence-corrected chi connectivity index (χ1v) is 6.53. The Hall–Kier alpha value is -2.20. The molecule has 0 aliphatic heterocycles. The van der Waals surface area contributed by atoms with Crippen molar-refractivity contribution in [2.75, 3.05) is 7.11 Å².